The van der Waals surface area contributed by atoms with Crippen LogP contribution in [-0.4, -0.2) is 15.6 Å². The summed E-state index contributed by atoms with van der Waals surface area (Å²) in [6, 6.07) is 11.9. The van der Waals surface area contributed by atoms with Crippen molar-refractivity contribution in [1.82, 2.24) is 0 Å². The van der Waals surface area contributed by atoms with Crippen LogP contribution in [0.2, 0.25) is 0 Å². The minimum absolute atomic E-state index is 0.0105. The lowest BCUT2D eigenvalue weighted by Crippen LogP contribution is -2.25. The molecule has 1 aliphatic carbocycles. The van der Waals surface area contributed by atoms with Crippen LogP contribution in [0.3, 0.4) is 0 Å². The number of nitrogens with zero attached hydrogens (tertiary/aromatic N) is 3. The number of rotatable bonds is 2. The largest absolute Gasteiger partial charge is 0.618 e. The van der Waals surface area contributed by atoms with Crippen molar-refractivity contribution < 1.29 is 19.4 Å². The molecule has 1 aliphatic rings. The highest BCUT2D eigenvalue weighted by Crippen LogP contribution is 2.22. The number of pyridine rings is 1. The monoisotopic (exact) mass is 379 g/mol. The highest BCUT2D eigenvalue weighted by molar-refractivity contribution is 5.98. The zero-order valence-electron chi connectivity index (χ0n) is 14.3. The normalized spacial score (nSPS) is 12.1. The molecular weight excluding hydrogens is 366 g/mol. The minimum Gasteiger partial charge on any atom is -0.618 e. The van der Waals surface area contributed by atoms with Crippen LogP contribution in [0.4, 0.5) is 11.4 Å². The van der Waals surface area contributed by atoms with E-state index < -0.39 is 9.85 Å². The minimum atomic E-state index is -0.485. The molecule has 0 amide bonds. The Morgan fingerprint density at radius 2 is 1.57 bits per heavy atom. The van der Waals surface area contributed by atoms with Gasteiger partial charge >= 0.3 is 0 Å². The topological polar surface area (TPSA) is 130 Å². The van der Waals surface area contributed by atoms with Crippen LogP contribution in [0.5, 0.6) is 0 Å². The van der Waals surface area contributed by atoms with Crippen molar-refractivity contribution in [2.45, 2.75) is 6.42 Å². The third-order valence-corrected chi connectivity index (χ3v) is 4.11. The van der Waals surface area contributed by atoms with Crippen LogP contribution in [0.15, 0.2) is 60.8 Å². The fraction of sp³-hybridized carbons (Fsp3) is 0.0526. The molecule has 2 aromatic carbocycles. The van der Waals surface area contributed by atoms with Gasteiger partial charge in [0.25, 0.3) is 11.4 Å². The van der Waals surface area contributed by atoms with Crippen LogP contribution < -0.4 is 4.73 Å². The van der Waals surface area contributed by atoms with E-state index in [1.807, 2.05) is 0 Å². The van der Waals surface area contributed by atoms with Gasteiger partial charge in [-0.2, -0.15) is 4.73 Å². The Hall–Kier alpha value is -4.14. The zero-order valence-corrected chi connectivity index (χ0v) is 14.3. The molecule has 0 bridgehead atoms. The average Bonchev–Trinajstić information content (AvgIpc) is 2.68. The van der Waals surface area contributed by atoms with E-state index in [0.29, 0.717) is 22.1 Å². The number of benzene rings is 2. The van der Waals surface area contributed by atoms with E-state index in [0.717, 1.165) is 11.1 Å². The van der Waals surface area contributed by atoms with Crippen LogP contribution in [0, 0.1) is 25.4 Å². The lowest BCUT2D eigenvalue weighted by Gasteiger charge is -2.07. The van der Waals surface area contributed by atoms with Crippen molar-refractivity contribution in [2.24, 2.45) is 0 Å². The number of carbonyl (C=O) groups excluding carboxylic acids is 1. The van der Waals surface area contributed by atoms with Gasteiger partial charge in [0.2, 0.25) is 5.52 Å². The molecule has 140 valence electrons. The Kier molecular flexibility index (Phi) is 5.07. The quantitative estimate of drug-likeness (QED) is 0.291. The van der Waals surface area contributed by atoms with Gasteiger partial charge in [-0.1, -0.05) is 12.1 Å². The molecule has 0 N–H and O–H groups in total. The second-order valence-corrected chi connectivity index (χ2v) is 5.95. The Morgan fingerprint density at radius 1 is 0.893 bits per heavy atom. The summed E-state index contributed by atoms with van der Waals surface area (Å²) >= 11 is 0. The standard InChI is InChI=1S/C10H7NO3.C9H6N2O3/c12-10-4-2-7-5-9(11(13)14)3-1-8(7)6-10;12-10-5-1-2-7-6-8(11(13)14)3-4-9(7)10/h1-5H,6H2;1-6H. The predicted molar refractivity (Wildman–Crippen MR) is 100 cm³/mol. The third kappa shape index (κ3) is 3.98. The van der Waals surface area contributed by atoms with Gasteiger partial charge < -0.3 is 5.21 Å². The first-order valence-corrected chi connectivity index (χ1v) is 8.10. The van der Waals surface area contributed by atoms with E-state index in [4.69, 9.17) is 0 Å². The van der Waals surface area contributed by atoms with Gasteiger partial charge in [-0.3, -0.25) is 25.0 Å². The molecule has 28 heavy (non-hydrogen) atoms. The van der Waals surface area contributed by atoms with Crippen LogP contribution in [0.1, 0.15) is 11.1 Å². The van der Waals surface area contributed by atoms with Gasteiger partial charge in [-0.25, -0.2) is 0 Å². The molecule has 0 radical (unpaired) electrons. The van der Waals surface area contributed by atoms with E-state index in [1.165, 1.54) is 42.6 Å². The summed E-state index contributed by atoms with van der Waals surface area (Å²) in [7, 11) is 0. The molecule has 1 aromatic heterocycles. The second kappa shape index (κ2) is 7.62. The first-order valence-electron chi connectivity index (χ1n) is 8.10. The fourth-order valence-corrected chi connectivity index (χ4v) is 2.74. The van der Waals surface area contributed by atoms with Crippen LogP contribution >= 0.6 is 0 Å². The predicted octanol–water partition coefficient (Wildman–Crippen LogP) is 3.11. The van der Waals surface area contributed by atoms with Crippen molar-refractivity contribution in [1.29, 1.82) is 0 Å². The molecule has 3 aromatic rings. The number of nitro groups is 2. The van der Waals surface area contributed by atoms with E-state index in [1.54, 1.807) is 24.3 Å². The van der Waals surface area contributed by atoms with Gasteiger partial charge in [0.05, 0.1) is 15.2 Å². The Morgan fingerprint density at radius 3 is 2.29 bits per heavy atom. The van der Waals surface area contributed by atoms with Gasteiger partial charge in [0.15, 0.2) is 12.0 Å². The van der Waals surface area contributed by atoms with Crippen molar-refractivity contribution >= 4 is 34.1 Å². The summed E-state index contributed by atoms with van der Waals surface area (Å²) < 4.78 is 0.680. The van der Waals surface area contributed by atoms with Crippen molar-refractivity contribution in [3.8, 4) is 0 Å². The average molecular weight is 379 g/mol. The first-order chi connectivity index (χ1) is 13.3. The maximum Gasteiger partial charge on any atom is 0.270 e. The Bertz CT molecular complexity index is 1140. The summed E-state index contributed by atoms with van der Waals surface area (Å²) in [4.78, 5) is 31.0. The van der Waals surface area contributed by atoms with Gasteiger partial charge in [0, 0.05) is 42.8 Å². The van der Waals surface area contributed by atoms with Crippen LogP contribution in [-0.2, 0) is 11.2 Å². The van der Waals surface area contributed by atoms with E-state index in [9.17, 15) is 30.2 Å². The Balaban J connectivity index is 0.000000161. The maximum absolute atomic E-state index is 11.2. The molecule has 9 heteroatoms. The lowest BCUT2D eigenvalue weighted by molar-refractivity contribution is -0.577. The Labute approximate surface area is 158 Å². The fourth-order valence-electron chi connectivity index (χ4n) is 2.74. The van der Waals surface area contributed by atoms with Gasteiger partial charge in [-0.15, -0.1) is 0 Å². The summed E-state index contributed by atoms with van der Waals surface area (Å²) in [6.45, 7) is 0. The number of ketones is 1. The number of fused-ring (bicyclic) bond motifs is 2. The molecule has 0 unspecified atom stereocenters. The number of hydrogen-bond donors (Lipinski definition) is 0. The molecule has 0 aliphatic heterocycles. The SMILES string of the molecule is O=C1C=Cc2cc([N+](=O)[O-])ccc2C1.O=[N+]([O-])c1ccc2c(ccc[n+]2[O-])c1. The molecule has 0 spiro atoms. The lowest BCUT2D eigenvalue weighted by atomic mass is 9.96. The van der Waals surface area contributed by atoms with Crippen molar-refractivity contribution in [2.75, 3.05) is 0 Å². The number of allylic oxidation sites excluding steroid dienone is 1. The molecule has 0 atom stereocenters. The second-order valence-electron chi connectivity index (χ2n) is 5.95. The van der Waals surface area contributed by atoms with Gasteiger partial charge in [0.1, 0.15) is 0 Å². The summed E-state index contributed by atoms with van der Waals surface area (Å²) in [6.07, 6.45) is 4.76. The number of aromatic nitrogens is 1. The molecule has 4 rings (SSSR count). The number of nitro benzene ring substituents is 2. The number of hydrogen-bond acceptors (Lipinski definition) is 6. The highest BCUT2D eigenvalue weighted by atomic mass is 16.6. The summed E-state index contributed by atoms with van der Waals surface area (Å²) in [5.74, 6) is 0.0337. The van der Waals surface area contributed by atoms with E-state index >= 15 is 0 Å². The first kappa shape index (κ1) is 18.6. The zero-order chi connectivity index (χ0) is 20.3. The van der Waals surface area contributed by atoms with E-state index in [2.05, 4.69) is 0 Å². The molecule has 0 fully saturated rings. The third-order valence-electron chi connectivity index (χ3n) is 4.11. The molecule has 0 saturated heterocycles. The van der Waals surface area contributed by atoms with Gasteiger partial charge in [-0.05, 0) is 23.3 Å². The van der Waals surface area contributed by atoms with Crippen molar-refractivity contribution in [3.05, 3.63) is 97.4 Å². The molecule has 1 heterocycles. The smallest absolute Gasteiger partial charge is 0.270 e. The number of non-ortho nitro benzene ring substituents is 2. The molecule has 9 nitrogen and oxygen atoms in total. The van der Waals surface area contributed by atoms with E-state index in [-0.39, 0.29) is 17.2 Å². The van der Waals surface area contributed by atoms with Crippen LogP contribution in [0.25, 0.3) is 17.0 Å². The van der Waals surface area contributed by atoms with Crippen molar-refractivity contribution in [3.63, 3.8) is 0 Å². The molecule has 0 saturated carbocycles. The highest BCUT2D eigenvalue weighted by Gasteiger charge is 2.14. The summed E-state index contributed by atoms with van der Waals surface area (Å²) in [5, 5.41) is 32.7. The maximum atomic E-state index is 11.2. The number of carbonyl (C=O) groups is 1. The molecular formula is C19H13N3O6. The summed E-state index contributed by atoms with van der Waals surface area (Å²) in [5.41, 5.74) is 2.09.